The van der Waals surface area contributed by atoms with Crippen LogP contribution in [0.2, 0.25) is 0 Å². The summed E-state index contributed by atoms with van der Waals surface area (Å²) < 4.78 is 12.3. The Hall–Kier alpha value is -6.02. The van der Waals surface area contributed by atoms with Crippen LogP contribution in [0.15, 0.2) is 66.2 Å². The van der Waals surface area contributed by atoms with E-state index < -0.39 is 0 Å². The van der Waals surface area contributed by atoms with Crippen LogP contribution in [-0.4, -0.2) is 86.3 Å². The van der Waals surface area contributed by atoms with Gasteiger partial charge in [0.2, 0.25) is 0 Å². The van der Waals surface area contributed by atoms with Crippen LogP contribution in [0.5, 0.6) is 11.5 Å². The van der Waals surface area contributed by atoms with Gasteiger partial charge in [-0.15, -0.1) is 23.5 Å². The highest BCUT2D eigenvalue weighted by atomic mass is 32.2. The first-order valence-electron chi connectivity index (χ1n) is 19.8. The second kappa shape index (κ2) is 22.7. The van der Waals surface area contributed by atoms with Gasteiger partial charge in [-0.1, -0.05) is 53.7 Å². The van der Waals surface area contributed by atoms with Gasteiger partial charge < -0.3 is 66.8 Å². The Balaban J connectivity index is 2.26. The average Bonchev–Trinajstić information content (AvgIpc) is 3.15. The van der Waals surface area contributed by atoms with E-state index in [-0.39, 0.29) is 108 Å². The maximum absolute atomic E-state index is 14.7. The van der Waals surface area contributed by atoms with Gasteiger partial charge in [-0.25, -0.2) is 0 Å². The van der Waals surface area contributed by atoms with Crippen molar-refractivity contribution in [2.24, 2.45) is 65.8 Å². The lowest BCUT2D eigenvalue weighted by atomic mass is 9.84. The van der Waals surface area contributed by atoms with Crippen molar-refractivity contribution in [3.05, 3.63) is 69.8 Å². The van der Waals surface area contributed by atoms with E-state index in [1.54, 1.807) is 0 Å². The van der Waals surface area contributed by atoms with E-state index >= 15 is 0 Å². The number of rotatable bonds is 22. The summed E-state index contributed by atoms with van der Waals surface area (Å²) in [6.45, 7) is 13.2. The Kier molecular flexibility index (Phi) is 18.4. The lowest BCUT2D eigenvalue weighted by Crippen LogP contribution is -2.24. The van der Waals surface area contributed by atoms with Gasteiger partial charge in [-0.3, -0.25) is 29.6 Å². The van der Waals surface area contributed by atoms with Crippen LogP contribution in [0.1, 0.15) is 84.5 Å². The average molecular weight is 893 g/mol. The van der Waals surface area contributed by atoms with Gasteiger partial charge in [-0.05, 0) is 51.3 Å². The normalized spacial score (nSPS) is 11.3. The molecule has 0 unspecified atom stereocenters. The Labute approximate surface area is 372 Å². The van der Waals surface area contributed by atoms with E-state index in [4.69, 9.17) is 66.8 Å². The zero-order valence-corrected chi connectivity index (χ0v) is 38.2. The number of guanidine groups is 4. The fraction of sp³-hybridized carbons (Fsp3) is 0.429. The number of aliphatic imine (C=N–C) groups is 4. The predicted molar refractivity (Wildman–Crippen MR) is 257 cm³/mol. The molecule has 20 N–H and O–H groups in total. The quantitative estimate of drug-likeness (QED) is 0.0173. The van der Waals surface area contributed by atoms with Crippen molar-refractivity contribution in [1.82, 2.24) is 0 Å². The zero-order chi connectivity index (χ0) is 46.4. The molecule has 0 spiro atoms. The van der Waals surface area contributed by atoms with Crippen molar-refractivity contribution in [2.75, 3.05) is 62.4 Å². The first-order chi connectivity index (χ1) is 29.0. The number of anilines is 2. The van der Waals surface area contributed by atoms with E-state index in [1.807, 2.05) is 24.3 Å². The monoisotopic (exact) mass is 892 g/mol. The molecule has 0 heterocycles. The molecule has 0 aliphatic rings. The van der Waals surface area contributed by atoms with Crippen LogP contribution < -0.4 is 66.8 Å². The Morgan fingerprint density at radius 3 is 1.18 bits per heavy atom. The van der Waals surface area contributed by atoms with Crippen molar-refractivity contribution in [3.63, 3.8) is 0 Å². The summed E-state index contributed by atoms with van der Waals surface area (Å²) in [5.41, 5.74) is 61.8. The van der Waals surface area contributed by atoms with Gasteiger partial charge >= 0.3 is 0 Å². The van der Waals surface area contributed by atoms with Crippen molar-refractivity contribution in [3.8, 4) is 11.5 Å². The molecule has 0 radical (unpaired) electrons. The van der Waals surface area contributed by atoms with Gasteiger partial charge in [0.15, 0.2) is 35.4 Å². The summed E-state index contributed by atoms with van der Waals surface area (Å²) in [6.07, 6.45) is -0.190. The smallest absolute Gasteiger partial charge is 0.186 e. The lowest BCUT2D eigenvalue weighted by Gasteiger charge is -2.23. The maximum atomic E-state index is 14.7. The number of ketones is 2. The van der Waals surface area contributed by atoms with E-state index in [0.717, 1.165) is 11.1 Å². The van der Waals surface area contributed by atoms with E-state index in [0.29, 0.717) is 56.9 Å². The van der Waals surface area contributed by atoms with Gasteiger partial charge in [0.25, 0.3) is 0 Å². The number of benzene rings is 3. The summed E-state index contributed by atoms with van der Waals surface area (Å²) in [7, 11) is 0. The number of hydrogen-bond acceptors (Lipinski definition) is 12. The SMILES string of the molecule is CC(C)(C)c1cc(N)c(SCCN=C(N)N)c(CC(=O)c2cc(C(=O)Cc3cc(C(C)(C)C)cc(N)c3SCCN=C(N)N)c(OCCN=C(N)N)cc2OCCN=C(N)N)c1. The van der Waals surface area contributed by atoms with Crippen LogP contribution in [0.4, 0.5) is 11.4 Å². The molecule has 3 rings (SSSR count). The third-order valence-electron chi connectivity index (χ3n) is 9.06. The molecule has 0 fully saturated rings. The first kappa shape index (κ1) is 50.3. The van der Waals surface area contributed by atoms with E-state index in [1.165, 1.54) is 35.7 Å². The van der Waals surface area contributed by atoms with Crippen LogP contribution in [0.25, 0.3) is 0 Å². The summed E-state index contributed by atoms with van der Waals surface area (Å²) in [4.78, 5) is 47.1. The molecule has 3 aromatic rings. The first-order valence-corrected chi connectivity index (χ1v) is 21.8. The highest BCUT2D eigenvalue weighted by Gasteiger charge is 2.27. The van der Waals surface area contributed by atoms with Gasteiger partial charge in [0.1, 0.15) is 24.7 Å². The van der Waals surface area contributed by atoms with Crippen molar-refractivity contribution in [1.29, 1.82) is 0 Å². The fourth-order valence-electron chi connectivity index (χ4n) is 5.99. The number of carbonyl (C=O) groups excluding carboxylic acids is 2. The number of nitrogens with two attached hydrogens (primary N) is 10. The second-order valence-corrected chi connectivity index (χ2v) is 18.5. The molecule has 338 valence electrons. The molecule has 18 nitrogen and oxygen atoms in total. The van der Waals surface area contributed by atoms with Gasteiger partial charge in [0, 0.05) is 51.6 Å². The van der Waals surface area contributed by atoms with Crippen LogP contribution in [0, 0.1) is 0 Å². The molecule has 0 aromatic heterocycles. The Morgan fingerprint density at radius 1 is 0.516 bits per heavy atom. The molecule has 3 aromatic carbocycles. The van der Waals surface area contributed by atoms with Gasteiger partial charge in [-0.2, -0.15) is 0 Å². The van der Waals surface area contributed by atoms with Crippen molar-refractivity contribution < 1.29 is 19.1 Å². The van der Waals surface area contributed by atoms with Crippen molar-refractivity contribution in [2.45, 2.75) is 75.0 Å². The molecule has 0 amide bonds. The molecular weight excluding hydrogens is 829 g/mol. The number of ether oxygens (including phenoxy) is 2. The highest BCUT2D eigenvalue weighted by molar-refractivity contribution is 7.99. The summed E-state index contributed by atoms with van der Waals surface area (Å²) in [6, 6.07) is 10.8. The number of thioether (sulfide) groups is 2. The third kappa shape index (κ3) is 15.8. The van der Waals surface area contributed by atoms with Crippen molar-refractivity contribution >= 4 is 70.3 Å². The minimum Gasteiger partial charge on any atom is -0.491 e. The van der Waals surface area contributed by atoms with Crippen LogP contribution in [-0.2, 0) is 23.7 Å². The molecule has 20 heteroatoms. The molecular formula is C42H64N14O4S2. The molecule has 0 saturated carbocycles. The summed E-state index contributed by atoms with van der Waals surface area (Å²) >= 11 is 2.87. The summed E-state index contributed by atoms with van der Waals surface area (Å²) in [5.74, 6) is 0.278. The maximum Gasteiger partial charge on any atom is 0.186 e. The standard InChI is InChI=1S/C42H64N14O4S2/c1-41(2,3)25-15-23(35(29(43)19-25)61-13-9-55-39(49)50)17-31(57)27-21-28(34(60-12-8-54-38(47)48)22-33(27)59-11-7-53-37(45)46)32(58)18-24-16-26(42(4,5)6)20-30(44)36(24)62-14-10-56-40(51)52/h15-16,19-22H,7-14,17-18,43-44H2,1-6H3,(H4,45,46,53)(H4,47,48,54)(H4,49,50,55)(H4,51,52,56). The van der Waals surface area contributed by atoms with E-state index in [2.05, 4.69) is 61.5 Å². The minimum absolute atomic E-state index is 0.00340. The Bertz CT molecular complexity index is 2030. The number of Topliss-reactive ketones (excluding diaryl/α,β-unsaturated/α-hetero) is 2. The second-order valence-electron chi connectivity index (χ2n) is 16.3. The third-order valence-corrected chi connectivity index (χ3v) is 11.4. The minimum atomic E-state index is -0.352. The molecule has 0 bridgehead atoms. The fourth-order valence-corrected chi connectivity index (χ4v) is 7.84. The topological polar surface area (TPSA) is 362 Å². The Morgan fingerprint density at radius 2 is 0.855 bits per heavy atom. The predicted octanol–water partition coefficient (Wildman–Crippen LogP) is 2.33. The largest absolute Gasteiger partial charge is 0.491 e. The van der Waals surface area contributed by atoms with Gasteiger partial charge in [0.05, 0.1) is 37.3 Å². The lowest BCUT2D eigenvalue weighted by molar-refractivity contribution is 0.0988. The number of nitrogens with zero attached hydrogens (tertiary/aromatic N) is 4. The molecule has 62 heavy (non-hydrogen) atoms. The zero-order valence-electron chi connectivity index (χ0n) is 36.5. The van der Waals surface area contributed by atoms with Crippen LogP contribution >= 0.6 is 23.5 Å². The highest BCUT2D eigenvalue weighted by Crippen LogP contribution is 2.39. The summed E-state index contributed by atoms with van der Waals surface area (Å²) in [5, 5.41) is 0. The molecule has 0 atom stereocenters. The molecule has 0 aliphatic carbocycles. The number of hydrogen-bond donors (Lipinski definition) is 10. The molecule has 0 aliphatic heterocycles. The number of nitrogen functional groups attached to an aromatic ring is 2. The van der Waals surface area contributed by atoms with E-state index in [9.17, 15) is 9.59 Å². The molecule has 0 saturated heterocycles. The number of carbonyl (C=O) groups is 2. The van der Waals surface area contributed by atoms with Crippen LogP contribution in [0.3, 0.4) is 0 Å².